The molecular formula is C12H7ClN4O3. The number of nitrogens with zero attached hydrogens (tertiary/aromatic N) is 1. The molecule has 0 aliphatic heterocycles. The zero-order valence-electron chi connectivity index (χ0n) is 9.86. The highest BCUT2D eigenvalue weighted by Crippen LogP contribution is 2.16. The van der Waals surface area contributed by atoms with Crippen molar-refractivity contribution in [3.8, 4) is 0 Å². The van der Waals surface area contributed by atoms with E-state index in [1.807, 2.05) is 0 Å². The Hall–Kier alpha value is -2.67. The number of hydrogen-bond donors (Lipinski definition) is 3. The third-order valence-corrected chi connectivity index (χ3v) is 3.16. The van der Waals surface area contributed by atoms with E-state index in [-0.39, 0.29) is 27.5 Å². The summed E-state index contributed by atoms with van der Waals surface area (Å²) in [6.45, 7) is 0. The van der Waals surface area contributed by atoms with Crippen molar-refractivity contribution in [3.05, 3.63) is 49.5 Å². The number of fused-ring (bicyclic) bond motifs is 2. The van der Waals surface area contributed by atoms with E-state index < -0.39 is 16.9 Å². The average Bonchev–Trinajstić information content (AvgIpc) is 2.79. The molecule has 0 unspecified atom stereocenters. The molecule has 8 heteroatoms. The summed E-state index contributed by atoms with van der Waals surface area (Å²) in [5.74, 6) is -0.888. The fourth-order valence-electron chi connectivity index (χ4n) is 2.04. The normalized spacial score (nSPS) is 11.1. The summed E-state index contributed by atoms with van der Waals surface area (Å²) in [7, 11) is 0. The van der Waals surface area contributed by atoms with Gasteiger partial charge >= 0.3 is 0 Å². The molecule has 0 fully saturated rings. The van der Waals surface area contributed by atoms with E-state index in [1.165, 1.54) is 18.2 Å². The number of carbonyl (C=O) groups excluding carboxylic acids is 1. The molecule has 1 amide bonds. The number of carbonyl (C=O) groups is 1. The maximum absolute atomic E-state index is 12.5. The number of benzene rings is 1. The van der Waals surface area contributed by atoms with Gasteiger partial charge in [-0.1, -0.05) is 11.6 Å². The van der Waals surface area contributed by atoms with Gasteiger partial charge < -0.3 is 10.7 Å². The average molecular weight is 291 g/mol. The predicted molar refractivity (Wildman–Crippen MR) is 74.0 cm³/mol. The Morgan fingerprint density at radius 3 is 2.75 bits per heavy atom. The molecule has 0 aliphatic rings. The maximum atomic E-state index is 12.5. The molecule has 1 aromatic carbocycles. The van der Waals surface area contributed by atoms with Crippen molar-refractivity contribution < 1.29 is 4.79 Å². The van der Waals surface area contributed by atoms with Gasteiger partial charge in [0.15, 0.2) is 11.1 Å². The van der Waals surface area contributed by atoms with Crippen molar-refractivity contribution in [3.63, 3.8) is 0 Å². The van der Waals surface area contributed by atoms with Crippen molar-refractivity contribution in [2.75, 3.05) is 0 Å². The van der Waals surface area contributed by atoms with Crippen LogP contribution in [0.1, 0.15) is 10.5 Å². The summed E-state index contributed by atoms with van der Waals surface area (Å²) in [5, 5.41) is 6.44. The van der Waals surface area contributed by atoms with E-state index in [4.69, 9.17) is 17.3 Å². The molecule has 20 heavy (non-hydrogen) atoms. The number of primary amides is 1. The number of aromatic nitrogens is 3. The number of aromatic amines is 2. The second-order valence-corrected chi connectivity index (χ2v) is 4.60. The molecule has 0 spiro atoms. The third kappa shape index (κ3) is 1.68. The Labute approximate surface area is 115 Å². The van der Waals surface area contributed by atoms with Crippen LogP contribution in [0.15, 0.2) is 27.8 Å². The van der Waals surface area contributed by atoms with Gasteiger partial charge in [0, 0.05) is 10.4 Å². The molecule has 0 saturated heterocycles. The van der Waals surface area contributed by atoms with Crippen LogP contribution in [0, 0.1) is 0 Å². The monoisotopic (exact) mass is 290 g/mol. The molecule has 0 radical (unpaired) electrons. The minimum Gasteiger partial charge on any atom is -0.364 e. The van der Waals surface area contributed by atoms with Crippen LogP contribution in [0.3, 0.4) is 0 Å². The Morgan fingerprint density at radius 2 is 2.05 bits per heavy atom. The van der Waals surface area contributed by atoms with E-state index in [0.29, 0.717) is 5.02 Å². The lowest BCUT2D eigenvalue weighted by atomic mass is 10.2. The molecule has 0 aliphatic carbocycles. The Morgan fingerprint density at radius 1 is 1.30 bits per heavy atom. The Bertz CT molecular complexity index is 990. The Balaban J connectivity index is 2.70. The van der Waals surface area contributed by atoms with Gasteiger partial charge in [0.05, 0.1) is 10.9 Å². The molecule has 2 aromatic heterocycles. The highest BCUT2D eigenvalue weighted by atomic mass is 35.5. The number of H-pyrrole nitrogens is 2. The molecule has 4 N–H and O–H groups in total. The molecule has 2 heterocycles. The first-order chi connectivity index (χ1) is 9.49. The van der Waals surface area contributed by atoms with Gasteiger partial charge in [-0.2, -0.15) is 5.10 Å². The fourth-order valence-corrected chi connectivity index (χ4v) is 2.22. The van der Waals surface area contributed by atoms with Crippen LogP contribution < -0.4 is 16.7 Å². The van der Waals surface area contributed by atoms with Gasteiger partial charge in [0.2, 0.25) is 0 Å². The standard InChI is InChI=1S/C12H7ClN4O3/c13-4-1-2-5-6(3-4)15-12(20)9-7(10(5)18)8(11(14)19)16-17-9/h1-3H,(H2,14,19)(H,15,20)(H,16,17). The minimum absolute atomic E-state index is 0.101. The van der Waals surface area contributed by atoms with Crippen LogP contribution in [-0.2, 0) is 0 Å². The highest BCUT2D eigenvalue weighted by molar-refractivity contribution is 6.31. The topological polar surface area (TPSA) is 122 Å². The molecule has 7 nitrogen and oxygen atoms in total. The largest absolute Gasteiger partial charge is 0.364 e. The van der Waals surface area contributed by atoms with Gasteiger partial charge in [-0.25, -0.2) is 0 Å². The van der Waals surface area contributed by atoms with Gasteiger partial charge in [-0.3, -0.25) is 19.5 Å². The van der Waals surface area contributed by atoms with Crippen LogP contribution in [-0.4, -0.2) is 21.1 Å². The van der Waals surface area contributed by atoms with Crippen LogP contribution in [0.25, 0.3) is 21.8 Å². The number of halogens is 1. The third-order valence-electron chi connectivity index (χ3n) is 2.93. The SMILES string of the molecule is NC(=O)c1n[nH]c2c(=O)[nH]c3cc(Cl)ccc3c(=O)c12. The van der Waals surface area contributed by atoms with E-state index >= 15 is 0 Å². The zero-order chi connectivity index (χ0) is 14.4. The zero-order valence-corrected chi connectivity index (χ0v) is 10.6. The van der Waals surface area contributed by atoms with Crippen molar-refractivity contribution in [1.29, 1.82) is 0 Å². The predicted octanol–water partition coefficient (Wildman–Crippen LogP) is 0.517. The fraction of sp³-hybridized carbons (Fsp3) is 0. The summed E-state index contributed by atoms with van der Waals surface area (Å²) in [6.07, 6.45) is 0. The first-order valence-electron chi connectivity index (χ1n) is 5.53. The summed E-state index contributed by atoms with van der Waals surface area (Å²) in [6, 6.07) is 4.43. The van der Waals surface area contributed by atoms with Gasteiger partial charge in [0.1, 0.15) is 5.52 Å². The van der Waals surface area contributed by atoms with Gasteiger partial charge in [0.25, 0.3) is 11.5 Å². The molecule has 0 saturated carbocycles. The lowest BCUT2D eigenvalue weighted by Crippen LogP contribution is -2.14. The summed E-state index contributed by atoms with van der Waals surface area (Å²) >= 11 is 5.84. The number of nitrogens with two attached hydrogens (primary N) is 1. The highest BCUT2D eigenvalue weighted by Gasteiger charge is 2.17. The van der Waals surface area contributed by atoms with Crippen LogP contribution in [0.4, 0.5) is 0 Å². The lowest BCUT2D eigenvalue weighted by molar-refractivity contribution is 0.0997. The Kier molecular flexibility index (Phi) is 2.58. The van der Waals surface area contributed by atoms with Crippen molar-refractivity contribution in [1.82, 2.24) is 15.2 Å². The molecular weight excluding hydrogens is 284 g/mol. The quantitative estimate of drug-likeness (QED) is 0.604. The number of nitrogens with one attached hydrogen (secondary N) is 2. The second-order valence-electron chi connectivity index (χ2n) is 4.16. The van der Waals surface area contributed by atoms with E-state index in [1.54, 1.807) is 0 Å². The van der Waals surface area contributed by atoms with E-state index in [2.05, 4.69) is 15.2 Å². The first-order valence-corrected chi connectivity index (χ1v) is 5.90. The smallest absolute Gasteiger partial charge is 0.274 e. The van der Waals surface area contributed by atoms with Crippen LogP contribution in [0.5, 0.6) is 0 Å². The van der Waals surface area contributed by atoms with E-state index in [9.17, 15) is 14.4 Å². The molecule has 3 aromatic rings. The second kappa shape index (κ2) is 4.17. The number of hydrogen-bond acceptors (Lipinski definition) is 4. The summed E-state index contributed by atoms with van der Waals surface area (Å²) in [5.41, 5.74) is 3.96. The van der Waals surface area contributed by atoms with Crippen molar-refractivity contribution in [2.24, 2.45) is 5.73 Å². The van der Waals surface area contributed by atoms with Gasteiger partial charge in [-0.05, 0) is 18.2 Å². The van der Waals surface area contributed by atoms with Crippen molar-refractivity contribution >= 4 is 39.3 Å². The summed E-state index contributed by atoms with van der Waals surface area (Å²) in [4.78, 5) is 38.3. The van der Waals surface area contributed by atoms with Crippen LogP contribution >= 0.6 is 11.6 Å². The number of amides is 1. The van der Waals surface area contributed by atoms with E-state index in [0.717, 1.165) is 0 Å². The van der Waals surface area contributed by atoms with Crippen molar-refractivity contribution in [2.45, 2.75) is 0 Å². The molecule has 100 valence electrons. The van der Waals surface area contributed by atoms with Gasteiger partial charge in [-0.15, -0.1) is 0 Å². The number of rotatable bonds is 1. The maximum Gasteiger partial charge on any atom is 0.274 e. The van der Waals surface area contributed by atoms with Crippen LogP contribution in [0.2, 0.25) is 5.02 Å². The lowest BCUT2D eigenvalue weighted by Gasteiger charge is -1.92. The summed E-state index contributed by atoms with van der Waals surface area (Å²) < 4.78 is 0. The molecule has 0 bridgehead atoms. The molecule has 3 rings (SSSR count). The molecule has 0 atom stereocenters. The first kappa shape index (κ1) is 12.4. The minimum atomic E-state index is -0.888.